The first-order chi connectivity index (χ1) is 17.2. The number of rotatable bonds is 3. The van der Waals surface area contributed by atoms with Crippen molar-refractivity contribution in [1.82, 2.24) is 19.1 Å². The summed E-state index contributed by atoms with van der Waals surface area (Å²) in [6, 6.07) is 0. The highest BCUT2D eigenvalue weighted by atomic mass is 19.1. The molecule has 0 amide bonds. The summed E-state index contributed by atoms with van der Waals surface area (Å²) in [4.78, 5) is 41.0. The molecule has 0 radical (unpaired) electrons. The standard InChI is InChI=1S/C12H16FN3O4.C9H12FN3O4/c1-5-6(2)19-11(9(5)20-7(3)17)16-4-8(13)10(14)15-12(16)18;1-3-5(14)6(15)8(17-3)13-2-4(10)7(11)12-9(13)16/h4-6,9,11H,1-3H3,(H2,14,15,18);2-3,5-6,8,14-15H,1H3,(H2,11,12,16)/t5-,6-,9-,11-;3-,5-,6-,8-/m11/s1. The molecule has 4 heterocycles. The number of ether oxygens (including phenoxy) is 3. The summed E-state index contributed by atoms with van der Waals surface area (Å²) in [7, 11) is 0. The number of aliphatic hydroxyl groups is 2. The molecule has 0 aliphatic carbocycles. The largest absolute Gasteiger partial charge is 0.457 e. The molecule has 0 unspecified atom stereocenters. The third-order valence-corrected chi connectivity index (χ3v) is 6.09. The summed E-state index contributed by atoms with van der Waals surface area (Å²) in [5.74, 6) is -3.36. The number of carbonyl (C=O) groups excluding carboxylic acids is 1. The predicted molar refractivity (Wildman–Crippen MR) is 122 cm³/mol. The molecule has 0 bridgehead atoms. The van der Waals surface area contributed by atoms with E-state index in [1.165, 1.54) is 13.8 Å². The van der Waals surface area contributed by atoms with Crippen LogP contribution < -0.4 is 22.8 Å². The van der Waals surface area contributed by atoms with Gasteiger partial charge in [0.05, 0.1) is 24.6 Å². The van der Waals surface area contributed by atoms with Gasteiger partial charge in [-0.2, -0.15) is 9.97 Å². The van der Waals surface area contributed by atoms with Gasteiger partial charge in [0.15, 0.2) is 41.8 Å². The molecular formula is C21H28F2N6O8. The minimum atomic E-state index is -1.33. The fraction of sp³-hybridized carbons (Fsp3) is 0.571. The van der Waals surface area contributed by atoms with Crippen LogP contribution in [0.4, 0.5) is 20.4 Å². The van der Waals surface area contributed by atoms with E-state index in [1.54, 1.807) is 6.92 Å². The number of nitrogen functional groups attached to an aromatic ring is 2. The summed E-state index contributed by atoms with van der Waals surface area (Å²) in [5, 5.41) is 19.1. The lowest BCUT2D eigenvalue weighted by Gasteiger charge is -2.22. The zero-order valence-corrected chi connectivity index (χ0v) is 20.3. The molecule has 2 saturated heterocycles. The Morgan fingerprint density at radius 1 is 0.919 bits per heavy atom. The van der Waals surface area contributed by atoms with Gasteiger partial charge < -0.3 is 35.9 Å². The first kappa shape index (κ1) is 28.1. The van der Waals surface area contributed by atoms with Gasteiger partial charge in [-0.1, -0.05) is 6.92 Å². The summed E-state index contributed by atoms with van der Waals surface area (Å²) < 4.78 is 44.3. The predicted octanol–water partition coefficient (Wildman–Crippen LogP) is -0.947. The molecule has 2 aromatic rings. The van der Waals surface area contributed by atoms with Gasteiger partial charge in [0.2, 0.25) is 0 Å². The Hall–Kier alpha value is -3.47. The van der Waals surface area contributed by atoms with Crippen LogP contribution in [0.5, 0.6) is 0 Å². The Labute approximate surface area is 208 Å². The lowest BCUT2D eigenvalue weighted by molar-refractivity contribution is -0.153. The summed E-state index contributed by atoms with van der Waals surface area (Å²) in [6.45, 7) is 6.40. The highest BCUT2D eigenvalue weighted by molar-refractivity contribution is 5.66. The van der Waals surface area contributed by atoms with Crippen molar-refractivity contribution in [3.05, 3.63) is 45.0 Å². The molecule has 16 heteroatoms. The fourth-order valence-electron chi connectivity index (χ4n) is 3.87. The summed E-state index contributed by atoms with van der Waals surface area (Å²) >= 11 is 0. The number of esters is 1. The minimum Gasteiger partial charge on any atom is -0.457 e. The van der Waals surface area contributed by atoms with Crippen molar-refractivity contribution in [2.45, 2.75) is 70.7 Å². The van der Waals surface area contributed by atoms with Crippen LogP contribution in [0, 0.1) is 17.6 Å². The van der Waals surface area contributed by atoms with E-state index >= 15 is 0 Å². The van der Waals surface area contributed by atoms with Crippen molar-refractivity contribution in [1.29, 1.82) is 0 Å². The second-order valence-electron chi connectivity index (χ2n) is 8.71. The molecule has 204 valence electrons. The van der Waals surface area contributed by atoms with E-state index < -0.39 is 77.5 Å². The molecule has 2 fully saturated rings. The SMILES string of the molecule is CC(=O)O[C@@H]1[C@H](C)[C@@H](C)O[C@H]1n1cc(F)c(N)nc1=O.C[C@H]1O[C@@H](n2cc(F)c(N)nc2=O)[C@H](O)[C@@H]1O. The first-order valence-corrected chi connectivity index (χ1v) is 11.2. The topological polar surface area (TPSA) is 207 Å². The number of hydrogen-bond acceptors (Lipinski definition) is 12. The maximum atomic E-state index is 13.5. The summed E-state index contributed by atoms with van der Waals surface area (Å²) in [6.07, 6.45) is -4.46. The maximum Gasteiger partial charge on any atom is 0.351 e. The van der Waals surface area contributed by atoms with E-state index in [9.17, 15) is 33.4 Å². The zero-order chi connectivity index (χ0) is 27.8. The number of nitrogens with two attached hydrogens (primary N) is 2. The number of aliphatic hydroxyl groups excluding tert-OH is 2. The van der Waals surface area contributed by atoms with E-state index in [1.807, 2.05) is 6.92 Å². The van der Waals surface area contributed by atoms with E-state index in [0.717, 1.165) is 21.5 Å². The van der Waals surface area contributed by atoms with Gasteiger partial charge in [-0.15, -0.1) is 0 Å². The summed E-state index contributed by atoms with van der Waals surface area (Å²) in [5.41, 5.74) is 8.75. The molecule has 14 nitrogen and oxygen atoms in total. The van der Waals surface area contributed by atoms with Crippen LogP contribution in [0.3, 0.4) is 0 Å². The van der Waals surface area contributed by atoms with Crippen LogP contribution in [0.15, 0.2) is 22.0 Å². The number of hydrogen-bond donors (Lipinski definition) is 4. The Balaban J connectivity index is 0.000000208. The van der Waals surface area contributed by atoms with Crippen molar-refractivity contribution < 1.29 is 38.0 Å². The van der Waals surface area contributed by atoms with Gasteiger partial charge >= 0.3 is 17.3 Å². The lowest BCUT2D eigenvalue weighted by atomic mass is 10.0. The number of nitrogens with zero attached hydrogens (tertiary/aromatic N) is 4. The van der Waals surface area contributed by atoms with Crippen LogP contribution in [0.2, 0.25) is 0 Å². The molecule has 6 N–H and O–H groups in total. The van der Waals surface area contributed by atoms with E-state index in [2.05, 4.69) is 9.97 Å². The average Bonchev–Trinajstić information content (AvgIpc) is 3.23. The molecule has 2 aromatic heterocycles. The second-order valence-corrected chi connectivity index (χ2v) is 8.71. The van der Waals surface area contributed by atoms with Crippen LogP contribution in [0.1, 0.15) is 40.2 Å². The molecule has 0 aromatic carbocycles. The second kappa shape index (κ2) is 10.9. The van der Waals surface area contributed by atoms with Crippen LogP contribution in [-0.2, 0) is 19.0 Å². The Kier molecular flexibility index (Phi) is 8.26. The minimum absolute atomic E-state index is 0.142. The smallest absolute Gasteiger partial charge is 0.351 e. The van der Waals surface area contributed by atoms with Crippen molar-refractivity contribution in [2.24, 2.45) is 5.92 Å². The Bertz CT molecular complexity index is 1270. The quantitative estimate of drug-likeness (QED) is 0.354. The number of carbonyl (C=O) groups is 1. The monoisotopic (exact) mass is 530 g/mol. The van der Waals surface area contributed by atoms with Crippen molar-refractivity contribution in [3.8, 4) is 0 Å². The third-order valence-electron chi connectivity index (χ3n) is 6.09. The molecule has 2 aliphatic heterocycles. The van der Waals surface area contributed by atoms with Crippen molar-refractivity contribution in [3.63, 3.8) is 0 Å². The molecule has 4 rings (SSSR count). The molecular weight excluding hydrogens is 502 g/mol. The van der Waals surface area contributed by atoms with Crippen molar-refractivity contribution in [2.75, 3.05) is 11.5 Å². The Morgan fingerprint density at radius 3 is 1.81 bits per heavy atom. The zero-order valence-electron chi connectivity index (χ0n) is 20.3. The molecule has 0 saturated carbocycles. The lowest BCUT2D eigenvalue weighted by Crippen LogP contribution is -2.36. The van der Waals surface area contributed by atoms with Gasteiger partial charge in [0.1, 0.15) is 12.2 Å². The van der Waals surface area contributed by atoms with Crippen LogP contribution in [0.25, 0.3) is 0 Å². The van der Waals surface area contributed by atoms with Gasteiger partial charge in [-0.3, -0.25) is 13.9 Å². The van der Waals surface area contributed by atoms with Gasteiger partial charge in [-0.25, -0.2) is 18.4 Å². The van der Waals surface area contributed by atoms with Crippen LogP contribution >= 0.6 is 0 Å². The molecule has 37 heavy (non-hydrogen) atoms. The normalized spacial score (nSPS) is 31.0. The number of aromatic nitrogens is 4. The van der Waals surface area contributed by atoms with E-state index in [-0.39, 0.29) is 12.0 Å². The molecule has 2 aliphatic rings. The average molecular weight is 530 g/mol. The number of anilines is 2. The van der Waals surface area contributed by atoms with Gasteiger partial charge in [-0.05, 0) is 13.8 Å². The highest BCUT2D eigenvalue weighted by Gasteiger charge is 2.44. The molecule has 0 spiro atoms. The molecule has 8 atom stereocenters. The number of halogens is 2. The van der Waals surface area contributed by atoms with E-state index in [4.69, 9.17) is 25.7 Å². The maximum absolute atomic E-state index is 13.5. The Morgan fingerprint density at radius 2 is 1.38 bits per heavy atom. The van der Waals surface area contributed by atoms with Crippen molar-refractivity contribution >= 4 is 17.6 Å². The fourth-order valence-corrected chi connectivity index (χ4v) is 3.87. The third kappa shape index (κ3) is 5.76. The van der Waals surface area contributed by atoms with Gasteiger partial charge in [0, 0.05) is 12.8 Å². The van der Waals surface area contributed by atoms with E-state index in [0.29, 0.717) is 0 Å². The highest BCUT2D eigenvalue weighted by Crippen LogP contribution is 2.35. The van der Waals surface area contributed by atoms with Crippen LogP contribution in [-0.4, -0.2) is 65.8 Å². The van der Waals surface area contributed by atoms with Gasteiger partial charge in [0.25, 0.3) is 0 Å². The first-order valence-electron chi connectivity index (χ1n) is 11.2.